The normalized spacial score (nSPS) is 15.6. The lowest BCUT2D eigenvalue weighted by atomic mass is 9.79. The maximum atomic E-state index is 13.2. The van der Waals surface area contributed by atoms with Gasteiger partial charge in [0.05, 0.1) is 13.2 Å². The monoisotopic (exact) mass is 1020 g/mol. The van der Waals surface area contributed by atoms with Crippen molar-refractivity contribution in [2.24, 2.45) is 17.3 Å². The Morgan fingerprint density at radius 3 is 1.11 bits per heavy atom. The van der Waals surface area contributed by atoms with Crippen LogP contribution >= 0.6 is 0 Å². The number of likely N-dealkylation sites (tertiary alicyclic amines) is 2. The molecule has 0 spiro atoms. The molecule has 2 aliphatic rings. The van der Waals surface area contributed by atoms with E-state index in [0.29, 0.717) is 95.9 Å². The third-order valence-electron chi connectivity index (χ3n) is 15.7. The van der Waals surface area contributed by atoms with Gasteiger partial charge < -0.3 is 28.7 Å². The Kier molecular flexibility index (Phi) is 40.5. The number of esters is 4. The summed E-state index contributed by atoms with van der Waals surface area (Å²) in [6, 6.07) is 0. The highest BCUT2D eigenvalue weighted by molar-refractivity contribution is 5.76. The fourth-order valence-corrected chi connectivity index (χ4v) is 10.6. The summed E-state index contributed by atoms with van der Waals surface area (Å²) in [6.07, 6.45) is 40.0. The molecule has 420 valence electrons. The largest absolute Gasteiger partial charge is 0.465 e. The van der Waals surface area contributed by atoms with E-state index < -0.39 is 5.41 Å². The van der Waals surface area contributed by atoms with Crippen LogP contribution in [0.2, 0.25) is 0 Å². The smallest absolute Gasteiger partial charge is 0.305 e. The lowest BCUT2D eigenvalue weighted by molar-refractivity contribution is -0.158. The third kappa shape index (κ3) is 34.7. The SMILES string of the molecule is CCCCCCCCC(CCCCCC)COC(=O)CCCCCC(=O)OCC1(COC(=O)CCCCCC(=O)OCC(CCCCCC)CCCCCCCC)CCN(C(=O)CCCN2CCCC2)CC1. The number of carbonyl (C=O) groups is 5. The molecule has 2 saturated heterocycles. The number of rotatable bonds is 48. The van der Waals surface area contributed by atoms with E-state index in [0.717, 1.165) is 64.6 Å². The van der Waals surface area contributed by atoms with Crippen LogP contribution in [0.3, 0.4) is 0 Å². The van der Waals surface area contributed by atoms with Crippen LogP contribution in [-0.2, 0) is 42.9 Å². The van der Waals surface area contributed by atoms with E-state index in [2.05, 4.69) is 32.6 Å². The average molecular weight is 1020 g/mol. The Morgan fingerprint density at radius 1 is 0.389 bits per heavy atom. The summed E-state index contributed by atoms with van der Waals surface area (Å²) in [5, 5.41) is 0. The lowest BCUT2D eigenvalue weighted by Crippen LogP contribution is -2.47. The minimum absolute atomic E-state index is 0.140. The summed E-state index contributed by atoms with van der Waals surface area (Å²) in [7, 11) is 0. The van der Waals surface area contributed by atoms with Crippen molar-refractivity contribution in [3.05, 3.63) is 0 Å². The van der Waals surface area contributed by atoms with Gasteiger partial charge in [-0.15, -0.1) is 0 Å². The van der Waals surface area contributed by atoms with Crippen molar-refractivity contribution >= 4 is 29.8 Å². The molecule has 72 heavy (non-hydrogen) atoms. The summed E-state index contributed by atoms with van der Waals surface area (Å²) in [4.78, 5) is 69.2. The predicted molar refractivity (Wildman–Crippen MR) is 294 cm³/mol. The van der Waals surface area contributed by atoms with Crippen LogP contribution in [0.4, 0.5) is 0 Å². The summed E-state index contributed by atoms with van der Waals surface area (Å²) < 4.78 is 23.4. The van der Waals surface area contributed by atoms with Crippen LogP contribution in [0, 0.1) is 17.3 Å². The minimum atomic E-state index is -0.559. The highest BCUT2D eigenvalue weighted by Gasteiger charge is 2.38. The van der Waals surface area contributed by atoms with Crippen molar-refractivity contribution in [3.63, 3.8) is 0 Å². The number of ether oxygens (including phenoxy) is 4. The molecular weight excluding hydrogens is 905 g/mol. The molecule has 0 radical (unpaired) electrons. The average Bonchev–Trinajstić information content (AvgIpc) is 3.91. The van der Waals surface area contributed by atoms with Crippen molar-refractivity contribution in [3.8, 4) is 0 Å². The standard InChI is InChI=1S/C61H112N2O9/c1-5-9-13-17-19-25-36-54(34-23-15-11-7-3)50-69-57(65)39-27-21-29-41-59(67)71-52-61(43-48-63(49-44-61)56(64)38-33-47-62-45-31-32-46-62)53-72-60(68)42-30-22-28-40-58(66)70-51-55(35-24-16-12-8-4)37-26-20-18-14-10-6-2/h54-55H,5-53H2,1-4H3. The molecule has 2 aliphatic heterocycles. The first-order chi connectivity index (χ1) is 35.1. The highest BCUT2D eigenvalue weighted by atomic mass is 16.6. The Morgan fingerprint density at radius 2 is 0.722 bits per heavy atom. The number of carbonyl (C=O) groups excluding carboxylic acids is 5. The molecule has 1 amide bonds. The zero-order chi connectivity index (χ0) is 52.2. The van der Waals surface area contributed by atoms with Gasteiger partial charge in [0, 0.05) is 50.6 Å². The molecule has 0 aromatic heterocycles. The van der Waals surface area contributed by atoms with Crippen LogP contribution in [0.5, 0.6) is 0 Å². The van der Waals surface area contributed by atoms with E-state index in [1.807, 2.05) is 4.90 Å². The van der Waals surface area contributed by atoms with Gasteiger partial charge in [-0.25, -0.2) is 0 Å². The molecule has 11 nitrogen and oxygen atoms in total. The van der Waals surface area contributed by atoms with Crippen molar-refractivity contribution in [1.82, 2.24) is 9.80 Å². The first-order valence-corrected chi connectivity index (χ1v) is 30.8. The van der Waals surface area contributed by atoms with Crippen molar-refractivity contribution < 1.29 is 42.9 Å². The second-order valence-corrected chi connectivity index (χ2v) is 22.4. The van der Waals surface area contributed by atoms with E-state index >= 15 is 0 Å². The molecule has 0 aliphatic carbocycles. The van der Waals surface area contributed by atoms with Gasteiger partial charge in [-0.1, -0.05) is 169 Å². The van der Waals surface area contributed by atoms with Gasteiger partial charge in [0.25, 0.3) is 0 Å². The maximum Gasteiger partial charge on any atom is 0.305 e. The van der Waals surface area contributed by atoms with Crippen LogP contribution < -0.4 is 0 Å². The minimum Gasteiger partial charge on any atom is -0.465 e. The van der Waals surface area contributed by atoms with Crippen molar-refractivity contribution in [2.75, 3.05) is 59.2 Å². The molecular formula is C61H112N2O9. The van der Waals surface area contributed by atoms with Gasteiger partial charge in [0.2, 0.25) is 5.91 Å². The number of nitrogens with zero attached hydrogens (tertiary/aromatic N) is 2. The fraction of sp³-hybridized carbons (Fsp3) is 0.918. The van der Waals surface area contributed by atoms with Gasteiger partial charge in [0.1, 0.15) is 13.2 Å². The van der Waals surface area contributed by atoms with Crippen LogP contribution in [-0.4, -0.2) is 98.7 Å². The lowest BCUT2D eigenvalue weighted by Gasteiger charge is -2.41. The zero-order valence-electron chi connectivity index (χ0n) is 47.4. The second-order valence-electron chi connectivity index (χ2n) is 22.4. The molecule has 0 bridgehead atoms. The number of hydrogen-bond donors (Lipinski definition) is 0. The molecule has 0 saturated carbocycles. The van der Waals surface area contributed by atoms with E-state index in [1.165, 1.54) is 141 Å². The van der Waals surface area contributed by atoms with Gasteiger partial charge in [-0.2, -0.15) is 0 Å². The van der Waals surface area contributed by atoms with Gasteiger partial charge in [0.15, 0.2) is 0 Å². The van der Waals surface area contributed by atoms with E-state index in [-0.39, 0.29) is 55.8 Å². The van der Waals surface area contributed by atoms with Crippen LogP contribution in [0.1, 0.15) is 285 Å². The highest BCUT2D eigenvalue weighted by Crippen LogP contribution is 2.34. The molecule has 11 heteroatoms. The number of hydrogen-bond acceptors (Lipinski definition) is 10. The molecule has 2 unspecified atom stereocenters. The van der Waals surface area contributed by atoms with Gasteiger partial charge in [-0.05, 0) is 115 Å². The van der Waals surface area contributed by atoms with Crippen LogP contribution in [0.15, 0.2) is 0 Å². The van der Waals surface area contributed by atoms with Crippen molar-refractivity contribution in [2.45, 2.75) is 285 Å². The number of unbranched alkanes of at least 4 members (excludes halogenated alkanes) is 20. The number of piperidine rings is 1. The topological polar surface area (TPSA) is 129 Å². The third-order valence-corrected chi connectivity index (χ3v) is 15.7. The first-order valence-electron chi connectivity index (χ1n) is 30.8. The van der Waals surface area contributed by atoms with Gasteiger partial charge >= 0.3 is 23.9 Å². The van der Waals surface area contributed by atoms with E-state index in [1.54, 1.807) is 0 Å². The molecule has 0 N–H and O–H groups in total. The van der Waals surface area contributed by atoms with Crippen molar-refractivity contribution in [1.29, 1.82) is 0 Å². The fourth-order valence-electron chi connectivity index (χ4n) is 10.6. The van der Waals surface area contributed by atoms with E-state index in [4.69, 9.17) is 18.9 Å². The Balaban J connectivity index is 1.78. The summed E-state index contributed by atoms with van der Waals surface area (Å²) in [6.45, 7) is 14.6. The quantitative estimate of drug-likeness (QED) is 0.0330. The molecule has 2 fully saturated rings. The van der Waals surface area contributed by atoms with Gasteiger partial charge in [-0.3, -0.25) is 24.0 Å². The number of amides is 1. The summed E-state index contributed by atoms with van der Waals surface area (Å²) in [5.41, 5.74) is -0.559. The molecule has 2 heterocycles. The van der Waals surface area contributed by atoms with E-state index in [9.17, 15) is 24.0 Å². The summed E-state index contributed by atoms with van der Waals surface area (Å²) >= 11 is 0. The Bertz CT molecular complexity index is 1280. The summed E-state index contributed by atoms with van der Waals surface area (Å²) in [5.74, 6) is 0.186. The maximum absolute atomic E-state index is 13.2. The predicted octanol–water partition coefficient (Wildman–Crippen LogP) is 15.2. The van der Waals surface area contributed by atoms with Crippen LogP contribution in [0.25, 0.3) is 0 Å². The Labute approximate surface area is 441 Å². The zero-order valence-corrected chi connectivity index (χ0v) is 47.4. The molecule has 2 atom stereocenters. The Hall–Kier alpha value is -2.69. The second kappa shape index (κ2) is 44.6. The molecule has 2 rings (SSSR count). The molecule has 0 aromatic carbocycles. The molecule has 0 aromatic rings. The first kappa shape index (κ1) is 65.4.